The highest BCUT2D eigenvalue weighted by atomic mass is 16.4. The lowest BCUT2D eigenvalue weighted by atomic mass is 10.0. The van der Waals surface area contributed by atoms with Crippen LogP contribution in [0.1, 0.15) is 11.7 Å². The number of hydrogen-bond acceptors (Lipinski definition) is 4. The van der Waals surface area contributed by atoms with Crippen molar-refractivity contribution < 1.29 is 19.7 Å². The summed E-state index contributed by atoms with van der Waals surface area (Å²) in [6.07, 6.45) is -2.29. The zero-order valence-corrected chi connectivity index (χ0v) is 10.2. The highest BCUT2D eigenvalue weighted by Gasteiger charge is 2.18. The average molecular weight is 258 g/mol. The van der Waals surface area contributed by atoms with E-state index in [2.05, 4.69) is 0 Å². The van der Waals surface area contributed by atoms with Gasteiger partial charge in [0.15, 0.2) is 0 Å². The van der Waals surface area contributed by atoms with Crippen LogP contribution in [0.25, 0.3) is 21.9 Å². The molecule has 3 rings (SSSR count). The Morgan fingerprint density at radius 2 is 1.68 bits per heavy atom. The van der Waals surface area contributed by atoms with E-state index in [9.17, 15) is 10.2 Å². The van der Waals surface area contributed by atoms with Gasteiger partial charge in [-0.15, -0.1) is 0 Å². The molecule has 0 aliphatic heterocycles. The lowest BCUT2D eigenvalue weighted by molar-refractivity contribution is -0.0152. The maximum atomic E-state index is 9.92. The van der Waals surface area contributed by atoms with Crippen LogP contribution in [0.15, 0.2) is 46.9 Å². The predicted octanol–water partition coefficient (Wildman–Crippen LogP) is 1.97. The van der Waals surface area contributed by atoms with Crippen LogP contribution < -0.4 is 0 Å². The third-order valence-electron chi connectivity index (χ3n) is 3.29. The SMILES string of the molecule is OCC(O)C(O)c1ccc2oc3ccccc3c2c1. The summed E-state index contributed by atoms with van der Waals surface area (Å²) in [5, 5.41) is 30.1. The van der Waals surface area contributed by atoms with Crippen molar-refractivity contribution in [3.05, 3.63) is 48.0 Å². The number of aliphatic hydroxyl groups is 3. The Bertz CT molecular complexity index is 716. The van der Waals surface area contributed by atoms with Gasteiger partial charge >= 0.3 is 0 Å². The van der Waals surface area contributed by atoms with E-state index in [1.165, 1.54) is 0 Å². The van der Waals surface area contributed by atoms with E-state index in [4.69, 9.17) is 9.52 Å². The normalized spacial score (nSPS) is 14.9. The van der Waals surface area contributed by atoms with E-state index < -0.39 is 18.8 Å². The molecule has 0 amide bonds. The van der Waals surface area contributed by atoms with E-state index >= 15 is 0 Å². The van der Waals surface area contributed by atoms with Crippen molar-refractivity contribution in [1.82, 2.24) is 0 Å². The van der Waals surface area contributed by atoms with Gasteiger partial charge in [0.1, 0.15) is 23.4 Å². The quantitative estimate of drug-likeness (QED) is 0.671. The molecule has 0 bridgehead atoms. The van der Waals surface area contributed by atoms with Crippen LogP contribution in [0.2, 0.25) is 0 Å². The van der Waals surface area contributed by atoms with Gasteiger partial charge in [0.2, 0.25) is 0 Å². The number of rotatable bonds is 3. The summed E-state index contributed by atoms with van der Waals surface area (Å²) in [5.74, 6) is 0. The lowest BCUT2D eigenvalue weighted by Gasteiger charge is -2.15. The number of fused-ring (bicyclic) bond motifs is 3. The zero-order chi connectivity index (χ0) is 13.4. The van der Waals surface area contributed by atoms with Crippen LogP contribution >= 0.6 is 0 Å². The van der Waals surface area contributed by atoms with Crippen LogP contribution in [-0.2, 0) is 0 Å². The molecule has 3 N–H and O–H groups in total. The largest absolute Gasteiger partial charge is 0.456 e. The first-order valence-corrected chi connectivity index (χ1v) is 6.09. The molecule has 0 spiro atoms. The molecule has 1 aromatic heterocycles. The fraction of sp³-hybridized carbons (Fsp3) is 0.200. The summed E-state index contributed by atoms with van der Waals surface area (Å²) in [6.45, 7) is -0.481. The summed E-state index contributed by atoms with van der Waals surface area (Å²) in [6, 6.07) is 12.9. The minimum Gasteiger partial charge on any atom is -0.456 e. The van der Waals surface area contributed by atoms with Crippen molar-refractivity contribution in [2.75, 3.05) is 6.61 Å². The van der Waals surface area contributed by atoms with Crippen LogP contribution in [0.5, 0.6) is 0 Å². The van der Waals surface area contributed by atoms with Gasteiger partial charge in [-0.3, -0.25) is 0 Å². The summed E-state index contributed by atoms with van der Waals surface area (Å²) in [5.41, 5.74) is 2.07. The summed E-state index contributed by atoms with van der Waals surface area (Å²) < 4.78 is 5.68. The third-order valence-corrected chi connectivity index (χ3v) is 3.29. The molecular weight excluding hydrogens is 244 g/mol. The van der Waals surface area contributed by atoms with Crippen molar-refractivity contribution >= 4 is 21.9 Å². The molecule has 0 radical (unpaired) electrons. The van der Waals surface area contributed by atoms with E-state index in [1.807, 2.05) is 24.3 Å². The number of benzene rings is 2. The Hall–Kier alpha value is -1.88. The van der Waals surface area contributed by atoms with Crippen molar-refractivity contribution in [3.63, 3.8) is 0 Å². The Kier molecular flexibility index (Phi) is 2.98. The smallest absolute Gasteiger partial charge is 0.135 e. The van der Waals surface area contributed by atoms with Crippen molar-refractivity contribution in [2.45, 2.75) is 12.2 Å². The van der Waals surface area contributed by atoms with Crippen LogP contribution in [-0.4, -0.2) is 28.0 Å². The molecule has 2 atom stereocenters. The van der Waals surface area contributed by atoms with Crippen molar-refractivity contribution in [2.24, 2.45) is 0 Å². The number of hydrogen-bond donors (Lipinski definition) is 3. The fourth-order valence-electron chi connectivity index (χ4n) is 2.25. The molecule has 4 nitrogen and oxygen atoms in total. The summed E-state index contributed by atoms with van der Waals surface area (Å²) in [4.78, 5) is 0. The Morgan fingerprint density at radius 1 is 0.947 bits per heavy atom. The van der Waals surface area contributed by atoms with Crippen LogP contribution in [0.4, 0.5) is 0 Å². The maximum Gasteiger partial charge on any atom is 0.135 e. The molecule has 4 heteroatoms. The lowest BCUT2D eigenvalue weighted by Crippen LogP contribution is -2.21. The molecule has 0 saturated carbocycles. The monoisotopic (exact) mass is 258 g/mol. The molecule has 1 heterocycles. The van der Waals surface area contributed by atoms with Gasteiger partial charge in [-0.2, -0.15) is 0 Å². The van der Waals surface area contributed by atoms with Gasteiger partial charge in [-0.25, -0.2) is 0 Å². The van der Waals surface area contributed by atoms with Gasteiger partial charge < -0.3 is 19.7 Å². The number of para-hydroxylation sites is 1. The molecule has 0 fully saturated rings. The van der Waals surface area contributed by atoms with Gasteiger partial charge in [-0.05, 0) is 23.8 Å². The second-order valence-corrected chi connectivity index (χ2v) is 4.55. The van der Waals surface area contributed by atoms with Gasteiger partial charge in [0, 0.05) is 10.8 Å². The molecule has 0 saturated heterocycles. The first kappa shape index (κ1) is 12.2. The molecule has 98 valence electrons. The second-order valence-electron chi connectivity index (χ2n) is 4.55. The average Bonchev–Trinajstić information content (AvgIpc) is 2.83. The van der Waals surface area contributed by atoms with Gasteiger partial charge in [-0.1, -0.05) is 24.3 Å². The standard InChI is InChI=1S/C15H14O4/c16-8-12(17)15(18)9-5-6-14-11(7-9)10-3-1-2-4-13(10)19-14/h1-7,12,15-18H,8H2. The van der Waals surface area contributed by atoms with Crippen molar-refractivity contribution in [1.29, 1.82) is 0 Å². The van der Waals surface area contributed by atoms with E-state index in [0.717, 1.165) is 21.9 Å². The zero-order valence-electron chi connectivity index (χ0n) is 10.2. The molecule has 0 aliphatic carbocycles. The topological polar surface area (TPSA) is 73.8 Å². The van der Waals surface area contributed by atoms with Crippen LogP contribution in [0.3, 0.4) is 0 Å². The fourth-order valence-corrected chi connectivity index (χ4v) is 2.25. The second kappa shape index (κ2) is 4.66. The van der Waals surface area contributed by atoms with Crippen molar-refractivity contribution in [3.8, 4) is 0 Å². The minimum atomic E-state index is -1.18. The highest BCUT2D eigenvalue weighted by molar-refractivity contribution is 6.04. The van der Waals surface area contributed by atoms with Gasteiger partial charge in [0.25, 0.3) is 0 Å². The Labute approximate surface area is 109 Å². The van der Waals surface area contributed by atoms with Crippen LogP contribution in [0, 0.1) is 0 Å². The molecule has 2 unspecified atom stereocenters. The van der Waals surface area contributed by atoms with E-state index in [1.54, 1.807) is 18.2 Å². The maximum absolute atomic E-state index is 9.92. The molecule has 0 aliphatic rings. The first-order chi connectivity index (χ1) is 9.20. The number of furan rings is 1. The predicted molar refractivity (Wildman–Crippen MR) is 71.8 cm³/mol. The molecular formula is C15H14O4. The molecule has 3 aromatic rings. The first-order valence-electron chi connectivity index (χ1n) is 6.09. The Morgan fingerprint density at radius 3 is 2.47 bits per heavy atom. The van der Waals surface area contributed by atoms with Gasteiger partial charge in [0.05, 0.1) is 6.61 Å². The van der Waals surface area contributed by atoms with E-state index in [-0.39, 0.29) is 0 Å². The molecule has 2 aromatic carbocycles. The molecule has 19 heavy (non-hydrogen) atoms. The van der Waals surface area contributed by atoms with E-state index in [0.29, 0.717) is 5.56 Å². The summed E-state index contributed by atoms with van der Waals surface area (Å²) in [7, 11) is 0. The third kappa shape index (κ3) is 2.00. The highest BCUT2D eigenvalue weighted by Crippen LogP contribution is 2.31. The minimum absolute atomic E-state index is 0.481. The summed E-state index contributed by atoms with van der Waals surface area (Å²) >= 11 is 0. The number of aliphatic hydroxyl groups excluding tert-OH is 3. The Balaban J connectivity index is 2.16.